The normalized spacial score (nSPS) is 28.3. The lowest BCUT2D eigenvalue weighted by Gasteiger charge is -2.30. The fourth-order valence-corrected chi connectivity index (χ4v) is 2.15. The van der Waals surface area contributed by atoms with Crippen molar-refractivity contribution in [2.75, 3.05) is 13.2 Å². The van der Waals surface area contributed by atoms with Gasteiger partial charge in [-0.1, -0.05) is 26.2 Å². The van der Waals surface area contributed by atoms with Crippen molar-refractivity contribution in [3.63, 3.8) is 0 Å². The fourth-order valence-electron chi connectivity index (χ4n) is 2.15. The molecule has 14 heavy (non-hydrogen) atoms. The SMILES string of the molecule is CCC1CCCC(OC(CO)CO)C1. The molecule has 2 atom stereocenters. The van der Waals surface area contributed by atoms with Crippen LogP contribution >= 0.6 is 0 Å². The van der Waals surface area contributed by atoms with Gasteiger partial charge in [0.2, 0.25) is 0 Å². The highest BCUT2D eigenvalue weighted by atomic mass is 16.5. The first-order valence-corrected chi connectivity index (χ1v) is 5.67. The molecule has 0 heterocycles. The number of rotatable bonds is 5. The van der Waals surface area contributed by atoms with Crippen LogP contribution in [0, 0.1) is 5.92 Å². The summed E-state index contributed by atoms with van der Waals surface area (Å²) in [4.78, 5) is 0. The zero-order chi connectivity index (χ0) is 10.4. The van der Waals surface area contributed by atoms with Crippen LogP contribution in [0.3, 0.4) is 0 Å². The van der Waals surface area contributed by atoms with Gasteiger partial charge in [0.05, 0.1) is 19.3 Å². The quantitative estimate of drug-likeness (QED) is 0.707. The van der Waals surface area contributed by atoms with Gasteiger partial charge in [0.25, 0.3) is 0 Å². The molecule has 1 aliphatic carbocycles. The molecule has 0 radical (unpaired) electrons. The number of aliphatic hydroxyl groups is 2. The van der Waals surface area contributed by atoms with Gasteiger partial charge < -0.3 is 14.9 Å². The molecule has 1 fully saturated rings. The van der Waals surface area contributed by atoms with Gasteiger partial charge in [0.1, 0.15) is 6.10 Å². The largest absolute Gasteiger partial charge is 0.394 e. The lowest BCUT2D eigenvalue weighted by Crippen LogP contribution is -2.31. The van der Waals surface area contributed by atoms with E-state index in [-0.39, 0.29) is 25.4 Å². The highest BCUT2D eigenvalue weighted by molar-refractivity contribution is 4.73. The van der Waals surface area contributed by atoms with Crippen LogP contribution in [0.15, 0.2) is 0 Å². The smallest absolute Gasteiger partial charge is 0.104 e. The Morgan fingerprint density at radius 3 is 2.57 bits per heavy atom. The summed E-state index contributed by atoms with van der Waals surface area (Å²) in [6, 6.07) is 0. The van der Waals surface area contributed by atoms with Crippen LogP contribution in [0.2, 0.25) is 0 Å². The van der Waals surface area contributed by atoms with Gasteiger partial charge in [-0.2, -0.15) is 0 Å². The minimum atomic E-state index is -0.379. The Hall–Kier alpha value is -0.120. The van der Waals surface area contributed by atoms with E-state index in [4.69, 9.17) is 14.9 Å². The third kappa shape index (κ3) is 3.56. The molecule has 0 aromatic heterocycles. The molecule has 0 aromatic carbocycles. The Balaban J connectivity index is 2.29. The van der Waals surface area contributed by atoms with Gasteiger partial charge >= 0.3 is 0 Å². The summed E-state index contributed by atoms with van der Waals surface area (Å²) >= 11 is 0. The monoisotopic (exact) mass is 202 g/mol. The van der Waals surface area contributed by atoms with Crippen molar-refractivity contribution in [3.05, 3.63) is 0 Å². The van der Waals surface area contributed by atoms with Gasteiger partial charge in [-0.15, -0.1) is 0 Å². The molecule has 0 spiro atoms. The molecular weight excluding hydrogens is 180 g/mol. The first-order valence-electron chi connectivity index (χ1n) is 5.67. The summed E-state index contributed by atoms with van der Waals surface area (Å²) in [6.45, 7) is 2.05. The van der Waals surface area contributed by atoms with Crippen molar-refractivity contribution >= 4 is 0 Å². The maximum Gasteiger partial charge on any atom is 0.104 e. The van der Waals surface area contributed by atoms with E-state index in [1.165, 1.54) is 19.3 Å². The van der Waals surface area contributed by atoms with E-state index in [0.29, 0.717) is 0 Å². The lowest BCUT2D eigenvalue weighted by molar-refractivity contribution is -0.0811. The van der Waals surface area contributed by atoms with Gasteiger partial charge in [0.15, 0.2) is 0 Å². The van der Waals surface area contributed by atoms with Gasteiger partial charge in [-0.25, -0.2) is 0 Å². The summed E-state index contributed by atoms with van der Waals surface area (Å²) < 4.78 is 5.62. The van der Waals surface area contributed by atoms with Gasteiger partial charge in [-0.3, -0.25) is 0 Å². The average molecular weight is 202 g/mol. The first kappa shape index (κ1) is 12.0. The van der Waals surface area contributed by atoms with E-state index >= 15 is 0 Å². The van der Waals surface area contributed by atoms with E-state index in [1.807, 2.05) is 0 Å². The molecule has 1 aliphatic rings. The van der Waals surface area contributed by atoms with Crippen LogP contribution in [0.5, 0.6) is 0 Å². The topological polar surface area (TPSA) is 49.7 Å². The zero-order valence-corrected chi connectivity index (χ0v) is 8.98. The van der Waals surface area contributed by atoms with Crippen LogP contribution in [-0.4, -0.2) is 35.6 Å². The third-order valence-electron chi connectivity index (χ3n) is 3.10. The molecule has 1 saturated carbocycles. The molecular formula is C11H22O3. The Labute approximate surface area is 86.1 Å². The predicted molar refractivity (Wildman–Crippen MR) is 55.1 cm³/mol. The second-order valence-electron chi connectivity index (χ2n) is 4.19. The van der Waals surface area contributed by atoms with Crippen LogP contribution in [0.4, 0.5) is 0 Å². The van der Waals surface area contributed by atoms with Crippen molar-refractivity contribution in [2.24, 2.45) is 5.92 Å². The van der Waals surface area contributed by atoms with E-state index in [2.05, 4.69) is 6.92 Å². The van der Waals surface area contributed by atoms with Gasteiger partial charge in [-0.05, 0) is 18.8 Å². The second kappa shape index (κ2) is 6.38. The number of aliphatic hydroxyl groups excluding tert-OH is 2. The Bertz CT molecular complexity index is 145. The van der Waals surface area contributed by atoms with Crippen LogP contribution in [-0.2, 0) is 4.74 Å². The van der Waals surface area contributed by atoms with Crippen LogP contribution < -0.4 is 0 Å². The van der Waals surface area contributed by atoms with E-state index < -0.39 is 0 Å². The summed E-state index contributed by atoms with van der Waals surface area (Å²) in [5.41, 5.74) is 0. The van der Waals surface area contributed by atoms with E-state index in [9.17, 15) is 0 Å². The number of hydrogen-bond acceptors (Lipinski definition) is 3. The molecule has 3 nitrogen and oxygen atoms in total. The summed E-state index contributed by atoms with van der Waals surface area (Å²) in [5.74, 6) is 0.770. The molecule has 0 aromatic rings. The van der Waals surface area contributed by atoms with Crippen molar-refractivity contribution < 1.29 is 14.9 Å². The molecule has 3 heteroatoms. The number of ether oxygens (including phenoxy) is 1. The molecule has 84 valence electrons. The summed E-state index contributed by atoms with van der Waals surface area (Å²) in [7, 11) is 0. The van der Waals surface area contributed by atoms with Crippen LogP contribution in [0.1, 0.15) is 39.0 Å². The van der Waals surface area contributed by atoms with E-state index in [1.54, 1.807) is 0 Å². The van der Waals surface area contributed by atoms with Crippen molar-refractivity contribution in [1.29, 1.82) is 0 Å². The molecule has 0 bridgehead atoms. The minimum absolute atomic E-state index is 0.0796. The highest BCUT2D eigenvalue weighted by Crippen LogP contribution is 2.28. The lowest BCUT2D eigenvalue weighted by atomic mass is 9.85. The minimum Gasteiger partial charge on any atom is -0.394 e. The molecule has 0 saturated heterocycles. The summed E-state index contributed by atoms with van der Waals surface area (Å²) in [6.07, 6.45) is 5.77. The zero-order valence-electron chi connectivity index (χ0n) is 8.98. The first-order chi connectivity index (χ1) is 6.80. The molecule has 0 amide bonds. The molecule has 1 rings (SSSR count). The fraction of sp³-hybridized carbons (Fsp3) is 1.00. The molecule has 2 unspecified atom stereocenters. The highest BCUT2D eigenvalue weighted by Gasteiger charge is 2.23. The predicted octanol–water partition coefficient (Wildman–Crippen LogP) is 1.32. The van der Waals surface area contributed by atoms with Crippen LogP contribution in [0.25, 0.3) is 0 Å². The van der Waals surface area contributed by atoms with E-state index in [0.717, 1.165) is 18.8 Å². The Morgan fingerprint density at radius 2 is 2.00 bits per heavy atom. The molecule has 2 N–H and O–H groups in total. The maximum atomic E-state index is 8.89. The molecule has 0 aliphatic heterocycles. The standard InChI is InChI=1S/C11H22O3/c1-2-9-4-3-5-10(6-9)14-11(7-12)8-13/h9-13H,2-8H2,1H3. The van der Waals surface area contributed by atoms with Gasteiger partial charge in [0, 0.05) is 0 Å². The third-order valence-corrected chi connectivity index (χ3v) is 3.10. The van der Waals surface area contributed by atoms with Crippen molar-refractivity contribution in [2.45, 2.75) is 51.2 Å². The Morgan fingerprint density at radius 1 is 1.29 bits per heavy atom. The van der Waals surface area contributed by atoms with Crippen molar-refractivity contribution in [3.8, 4) is 0 Å². The average Bonchev–Trinajstić information content (AvgIpc) is 2.26. The van der Waals surface area contributed by atoms with Crippen molar-refractivity contribution in [1.82, 2.24) is 0 Å². The summed E-state index contributed by atoms with van der Waals surface area (Å²) in [5, 5.41) is 17.8. The maximum absolute atomic E-state index is 8.89. The Kier molecular flexibility index (Phi) is 5.45. The number of hydrogen-bond donors (Lipinski definition) is 2. The second-order valence-corrected chi connectivity index (χ2v) is 4.19.